The number of amides is 4. The molecule has 4 N–H and O–H groups in total. The van der Waals surface area contributed by atoms with Gasteiger partial charge in [-0.25, -0.2) is 19.6 Å². The van der Waals surface area contributed by atoms with Gasteiger partial charge in [0.05, 0.1) is 35.9 Å². The van der Waals surface area contributed by atoms with E-state index in [1.807, 2.05) is 62.2 Å². The quantitative estimate of drug-likeness (QED) is 0.108. The highest BCUT2D eigenvalue weighted by molar-refractivity contribution is 5.87. The van der Waals surface area contributed by atoms with Crippen LogP contribution < -0.4 is 5.32 Å². The SMILES string of the molecule is CN(C(=O)O)[C@@H](C(=O)N1CCC[C@H]1c1ncc(-c2ccc(-c3ccc(-c4cnc([C@@H]5CCCN5C(=O)C5CCC(NC(=O)OC(C)(C)C)CC5)[nH]4)cc3)cc2)[nH]1)c1ccccc1. The number of imidazole rings is 2. The Labute approximate surface area is 362 Å². The Morgan fingerprint density at radius 1 is 0.726 bits per heavy atom. The van der Waals surface area contributed by atoms with Gasteiger partial charge in [0.15, 0.2) is 0 Å². The normalized spacial score (nSPS) is 20.8. The molecule has 0 radical (unpaired) electrons. The predicted molar refractivity (Wildman–Crippen MR) is 235 cm³/mol. The van der Waals surface area contributed by atoms with Crippen LogP contribution in [0.4, 0.5) is 9.59 Å². The maximum Gasteiger partial charge on any atom is 0.407 e. The Hall–Kier alpha value is -6.44. The van der Waals surface area contributed by atoms with Crippen LogP contribution in [0.1, 0.15) is 107 Å². The number of carboxylic acid groups (broad SMARTS) is 1. The lowest BCUT2D eigenvalue weighted by atomic mass is 9.85. The number of benzene rings is 3. The van der Waals surface area contributed by atoms with E-state index in [9.17, 15) is 24.3 Å². The number of alkyl carbamates (subject to hydrolysis) is 1. The average Bonchev–Trinajstić information content (AvgIpc) is 4.11. The molecule has 2 saturated heterocycles. The van der Waals surface area contributed by atoms with Crippen molar-refractivity contribution in [1.29, 1.82) is 0 Å². The topological polar surface area (TPSA) is 177 Å². The van der Waals surface area contributed by atoms with Gasteiger partial charge in [0.2, 0.25) is 5.91 Å². The maximum atomic E-state index is 14.0. The zero-order chi connectivity index (χ0) is 43.5. The van der Waals surface area contributed by atoms with E-state index in [0.29, 0.717) is 24.5 Å². The molecule has 324 valence electrons. The fourth-order valence-corrected chi connectivity index (χ4v) is 9.25. The van der Waals surface area contributed by atoms with Crippen molar-refractivity contribution in [3.05, 3.63) is 108 Å². The first-order valence-electron chi connectivity index (χ1n) is 21.7. The summed E-state index contributed by atoms with van der Waals surface area (Å²) in [7, 11) is 1.43. The number of rotatable bonds is 10. The summed E-state index contributed by atoms with van der Waals surface area (Å²) in [6.45, 7) is 6.79. The molecule has 3 aliphatic rings. The van der Waals surface area contributed by atoms with Gasteiger partial charge in [0.25, 0.3) is 5.91 Å². The third kappa shape index (κ3) is 9.24. The van der Waals surface area contributed by atoms with E-state index < -0.39 is 23.8 Å². The minimum Gasteiger partial charge on any atom is -0.465 e. The predicted octanol–water partition coefficient (Wildman–Crippen LogP) is 8.90. The smallest absolute Gasteiger partial charge is 0.407 e. The monoisotopic (exact) mass is 840 g/mol. The first kappa shape index (κ1) is 42.3. The number of hydrogen-bond acceptors (Lipinski definition) is 7. The Morgan fingerprint density at radius 2 is 1.23 bits per heavy atom. The molecule has 8 rings (SSSR count). The molecule has 14 nitrogen and oxygen atoms in total. The number of likely N-dealkylation sites (tertiary alicyclic amines) is 2. The molecule has 1 aliphatic carbocycles. The molecule has 3 fully saturated rings. The van der Waals surface area contributed by atoms with Crippen molar-refractivity contribution in [2.24, 2.45) is 5.92 Å². The first-order valence-corrected chi connectivity index (χ1v) is 21.7. The molecular weight excluding hydrogens is 785 g/mol. The average molecular weight is 841 g/mol. The van der Waals surface area contributed by atoms with Gasteiger partial charge in [-0.3, -0.25) is 14.5 Å². The van der Waals surface area contributed by atoms with Crippen LogP contribution in [-0.2, 0) is 14.3 Å². The van der Waals surface area contributed by atoms with Crippen molar-refractivity contribution in [3.8, 4) is 33.6 Å². The zero-order valence-corrected chi connectivity index (χ0v) is 35.8. The summed E-state index contributed by atoms with van der Waals surface area (Å²) in [4.78, 5) is 73.3. The number of carbonyl (C=O) groups is 4. The third-order valence-electron chi connectivity index (χ3n) is 12.5. The van der Waals surface area contributed by atoms with Gasteiger partial charge in [-0.1, -0.05) is 78.9 Å². The number of carbonyl (C=O) groups excluding carboxylic acids is 3. The lowest BCUT2D eigenvalue weighted by molar-refractivity contribution is -0.138. The van der Waals surface area contributed by atoms with Crippen LogP contribution in [0.3, 0.4) is 0 Å². The van der Waals surface area contributed by atoms with Crippen LogP contribution in [0.5, 0.6) is 0 Å². The second kappa shape index (κ2) is 17.9. The van der Waals surface area contributed by atoms with Crippen molar-refractivity contribution in [3.63, 3.8) is 0 Å². The molecule has 0 bridgehead atoms. The van der Waals surface area contributed by atoms with Crippen LogP contribution in [0.25, 0.3) is 33.6 Å². The van der Waals surface area contributed by atoms with Crippen LogP contribution >= 0.6 is 0 Å². The molecule has 3 aromatic carbocycles. The van der Waals surface area contributed by atoms with Crippen molar-refractivity contribution in [2.75, 3.05) is 20.1 Å². The summed E-state index contributed by atoms with van der Waals surface area (Å²) >= 11 is 0. The van der Waals surface area contributed by atoms with Gasteiger partial charge in [-0.05, 0) is 100.0 Å². The van der Waals surface area contributed by atoms with E-state index in [4.69, 9.17) is 14.7 Å². The Morgan fingerprint density at radius 3 is 1.74 bits per heavy atom. The summed E-state index contributed by atoms with van der Waals surface area (Å²) in [6.07, 6.45) is 8.36. The molecular formula is C48H56N8O6. The largest absolute Gasteiger partial charge is 0.465 e. The molecule has 2 aliphatic heterocycles. The maximum absolute atomic E-state index is 14.0. The second-order valence-electron chi connectivity index (χ2n) is 17.8. The lowest BCUT2D eigenvalue weighted by Gasteiger charge is -2.33. The van der Waals surface area contributed by atoms with Gasteiger partial charge in [-0.2, -0.15) is 0 Å². The van der Waals surface area contributed by atoms with Crippen molar-refractivity contribution < 1.29 is 29.0 Å². The van der Waals surface area contributed by atoms with Crippen LogP contribution in [0, 0.1) is 5.92 Å². The van der Waals surface area contributed by atoms with E-state index in [-0.39, 0.29) is 35.9 Å². The molecule has 0 unspecified atom stereocenters. The Bertz CT molecular complexity index is 2360. The van der Waals surface area contributed by atoms with Crippen LogP contribution in [-0.4, -0.2) is 95.5 Å². The van der Waals surface area contributed by atoms with Gasteiger partial charge >= 0.3 is 12.2 Å². The van der Waals surface area contributed by atoms with Crippen LogP contribution in [0.15, 0.2) is 91.3 Å². The minimum atomic E-state index is -1.17. The van der Waals surface area contributed by atoms with E-state index in [1.165, 1.54) is 7.05 Å². The highest BCUT2D eigenvalue weighted by Crippen LogP contribution is 2.38. The first-order chi connectivity index (χ1) is 29.8. The Kier molecular flexibility index (Phi) is 12.2. The summed E-state index contributed by atoms with van der Waals surface area (Å²) in [5, 5.41) is 12.8. The summed E-state index contributed by atoms with van der Waals surface area (Å²) in [6, 6.07) is 24.3. The van der Waals surface area contributed by atoms with Crippen molar-refractivity contribution >= 4 is 24.0 Å². The number of nitrogens with one attached hydrogen (secondary N) is 3. The van der Waals surface area contributed by atoms with Crippen molar-refractivity contribution in [1.82, 2.24) is 40.0 Å². The zero-order valence-electron chi connectivity index (χ0n) is 35.8. The second-order valence-corrected chi connectivity index (χ2v) is 17.8. The third-order valence-corrected chi connectivity index (χ3v) is 12.5. The number of aromatic amines is 2. The van der Waals surface area contributed by atoms with E-state index in [0.717, 1.165) is 95.7 Å². The van der Waals surface area contributed by atoms with E-state index >= 15 is 0 Å². The fraction of sp³-hybridized carbons (Fsp3) is 0.417. The molecule has 2 aromatic heterocycles. The lowest BCUT2D eigenvalue weighted by Crippen LogP contribution is -2.43. The molecule has 0 spiro atoms. The van der Waals surface area contributed by atoms with Gasteiger partial charge in [0, 0.05) is 32.1 Å². The Balaban J connectivity index is 0.879. The number of aromatic nitrogens is 4. The van der Waals surface area contributed by atoms with Gasteiger partial charge < -0.3 is 34.9 Å². The fourth-order valence-electron chi connectivity index (χ4n) is 9.25. The minimum absolute atomic E-state index is 0.0183. The number of hydrogen-bond donors (Lipinski definition) is 4. The molecule has 1 saturated carbocycles. The summed E-state index contributed by atoms with van der Waals surface area (Å²) in [5.74, 6) is 1.34. The van der Waals surface area contributed by atoms with Crippen LogP contribution in [0.2, 0.25) is 0 Å². The molecule has 14 heteroatoms. The number of likely N-dealkylation sites (N-methyl/N-ethyl adjacent to an activating group) is 1. The highest BCUT2D eigenvalue weighted by atomic mass is 16.6. The molecule has 4 amide bonds. The molecule has 62 heavy (non-hydrogen) atoms. The molecule has 3 atom stereocenters. The van der Waals surface area contributed by atoms with Gasteiger partial charge in [-0.15, -0.1) is 0 Å². The van der Waals surface area contributed by atoms with Crippen molar-refractivity contribution in [2.45, 2.75) is 102 Å². The molecule has 4 heterocycles. The highest BCUT2D eigenvalue weighted by Gasteiger charge is 2.40. The standard InChI is InChI=1S/C48H56N8O6/c1-48(2,3)62-46(59)51-36-24-22-35(23-25-36)44(57)55-26-8-12-39(55)42-49-28-37(52-42)32-18-14-30(15-19-32)31-16-20-33(21-17-31)38-29-50-43(53-38)40-13-9-27-56(40)45(58)41(54(4)47(60)61)34-10-6-5-7-11-34/h5-7,10-11,14-21,28-29,35-36,39-41H,8-9,12-13,22-27H2,1-4H3,(H,49,52)(H,50,53)(H,51,59)(H,60,61)/t35?,36?,39-,40-,41+/m0/s1. The number of nitrogens with zero attached hydrogens (tertiary/aromatic N) is 5. The summed E-state index contributed by atoms with van der Waals surface area (Å²) in [5.41, 5.74) is 5.90. The summed E-state index contributed by atoms with van der Waals surface area (Å²) < 4.78 is 5.42. The van der Waals surface area contributed by atoms with E-state index in [2.05, 4.69) is 51.7 Å². The number of H-pyrrole nitrogens is 2. The van der Waals surface area contributed by atoms with E-state index in [1.54, 1.807) is 23.2 Å². The van der Waals surface area contributed by atoms with Gasteiger partial charge in [0.1, 0.15) is 23.3 Å². The number of ether oxygens (including phenoxy) is 1. The molecule has 5 aromatic rings.